The highest BCUT2D eigenvalue weighted by molar-refractivity contribution is 5.83. The van der Waals surface area contributed by atoms with Crippen molar-refractivity contribution in [1.29, 1.82) is 0 Å². The van der Waals surface area contributed by atoms with Gasteiger partial charge >= 0.3 is 5.69 Å². The van der Waals surface area contributed by atoms with E-state index >= 15 is 0 Å². The van der Waals surface area contributed by atoms with Gasteiger partial charge in [0.25, 0.3) is 0 Å². The van der Waals surface area contributed by atoms with Crippen molar-refractivity contribution < 1.29 is 4.92 Å². The third kappa shape index (κ3) is 2.94. The Kier molecular flexibility index (Phi) is 3.84. The van der Waals surface area contributed by atoms with Crippen LogP contribution in [0.25, 0.3) is 10.9 Å². The van der Waals surface area contributed by atoms with Crippen molar-refractivity contribution >= 4 is 28.2 Å². The molecule has 0 unspecified atom stereocenters. The molecule has 3 rings (SSSR count). The fourth-order valence-electron chi connectivity index (χ4n) is 2.67. The first-order valence-electron chi connectivity index (χ1n) is 7.24. The summed E-state index contributed by atoms with van der Waals surface area (Å²) in [6, 6.07) is 11.2. The number of benzene rings is 1. The summed E-state index contributed by atoms with van der Waals surface area (Å²) in [5, 5.41) is 15.1. The van der Waals surface area contributed by atoms with Crippen molar-refractivity contribution in [2.75, 3.05) is 17.6 Å². The number of nitrogen functional groups attached to an aromatic ring is 1. The number of hydrogen-bond donors (Lipinski definition) is 2. The van der Waals surface area contributed by atoms with Crippen molar-refractivity contribution in [2.24, 2.45) is 7.05 Å². The number of nitrogens with two attached hydrogens (primary N) is 1. The maximum absolute atomic E-state index is 10.7. The lowest BCUT2D eigenvalue weighted by molar-refractivity contribution is -0.384. The SMILES string of the molecule is Cn1cc(CCNc2ccc([N+](=O)[O-])c(N)n2)c2ccccc21. The minimum Gasteiger partial charge on any atom is -0.378 e. The molecule has 0 fully saturated rings. The standard InChI is InChI=1S/C16H17N5O2/c1-20-10-11(12-4-2-3-5-13(12)20)8-9-18-15-7-6-14(21(22)23)16(17)19-15/h2-7,10H,8-9H2,1H3,(H3,17,18,19). The highest BCUT2D eigenvalue weighted by Gasteiger charge is 2.12. The summed E-state index contributed by atoms with van der Waals surface area (Å²) in [6.45, 7) is 0.665. The highest BCUT2D eigenvalue weighted by atomic mass is 16.6. The van der Waals surface area contributed by atoms with E-state index in [1.807, 2.05) is 19.2 Å². The van der Waals surface area contributed by atoms with Crippen LogP contribution in [0.4, 0.5) is 17.3 Å². The van der Waals surface area contributed by atoms with Crippen LogP contribution in [-0.2, 0) is 13.5 Å². The normalized spacial score (nSPS) is 10.8. The number of aryl methyl sites for hydroxylation is 1. The first kappa shape index (κ1) is 14.8. The van der Waals surface area contributed by atoms with E-state index in [0.29, 0.717) is 12.4 Å². The number of rotatable bonds is 5. The Labute approximate surface area is 132 Å². The fraction of sp³-hybridized carbons (Fsp3) is 0.188. The number of hydrogen-bond acceptors (Lipinski definition) is 5. The van der Waals surface area contributed by atoms with Crippen LogP contribution < -0.4 is 11.1 Å². The van der Waals surface area contributed by atoms with Gasteiger partial charge in [0.05, 0.1) is 4.92 Å². The van der Waals surface area contributed by atoms with E-state index < -0.39 is 4.92 Å². The molecule has 2 heterocycles. The van der Waals surface area contributed by atoms with Crippen LogP contribution in [0.15, 0.2) is 42.6 Å². The molecule has 0 atom stereocenters. The summed E-state index contributed by atoms with van der Waals surface area (Å²) < 4.78 is 2.10. The minimum atomic E-state index is -0.539. The molecule has 1 aromatic carbocycles. The molecule has 118 valence electrons. The van der Waals surface area contributed by atoms with Gasteiger partial charge < -0.3 is 15.6 Å². The number of fused-ring (bicyclic) bond motifs is 1. The van der Waals surface area contributed by atoms with Gasteiger partial charge in [-0.15, -0.1) is 0 Å². The monoisotopic (exact) mass is 311 g/mol. The van der Waals surface area contributed by atoms with Gasteiger partial charge in [-0.1, -0.05) is 18.2 Å². The molecular formula is C16H17N5O2. The Hall–Kier alpha value is -3.09. The van der Waals surface area contributed by atoms with Gasteiger partial charge in [-0.25, -0.2) is 4.98 Å². The predicted molar refractivity (Wildman–Crippen MR) is 90.4 cm³/mol. The molecule has 0 aliphatic heterocycles. The molecule has 0 amide bonds. The predicted octanol–water partition coefficient (Wildman–Crippen LogP) is 2.72. The van der Waals surface area contributed by atoms with Crippen LogP contribution in [0.2, 0.25) is 0 Å². The largest absolute Gasteiger partial charge is 0.378 e. The molecular weight excluding hydrogens is 294 g/mol. The van der Waals surface area contributed by atoms with Gasteiger partial charge in [-0.3, -0.25) is 10.1 Å². The van der Waals surface area contributed by atoms with E-state index in [0.717, 1.165) is 6.42 Å². The summed E-state index contributed by atoms with van der Waals surface area (Å²) >= 11 is 0. The van der Waals surface area contributed by atoms with Gasteiger partial charge in [0.15, 0.2) is 0 Å². The Morgan fingerprint density at radius 3 is 2.83 bits per heavy atom. The molecule has 0 saturated carbocycles. The van der Waals surface area contributed by atoms with Crippen molar-refractivity contribution in [1.82, 2.24) is 9.55 Å². The Morgan fingerprint density at radius 1 is 1.30 bits per heavy atom. The van der Waals surface area contributed by atoms with Crippen molar-refractivity contribution in [3.05, 3.63) is 58.3 Å². The van der Waals surface area contributed by atoms with Crippen LogP contribution in [0, 0.1) is 10.1 Å². The second-order valence-electron chi connectivity index (χ2n) is 5.32. The molecule has 2 aromatic heterocycles. The zero-order valence-corrected chi connectivity index (χ0v) is 12.7. The molecule has 0 bridgehead atoms. The van der Waals surface area contributed by atoms with Gasteiger partial charge in [0.1, 0.15) is 5.82 Å². The number of nitro groups is 1. The first-order chi connectivity index (χ1) is 11.1. The van der Waals surface area contributed by atoms with Crippen LogP contribution >= 0.6 is 0 Å². The third-order valence-electron chi connectivity index (χ3n) is 3.78. The molecule has 0 radical (unpaired) electrons. The van der Waals surface area contributed by atoms with Gasteiger partial charge in [-0.2, -0.15) is 0 Å². The molecule has 0 spiro atoms. The third-order valence-corrected chi connectivity index (χ3v) is 3.78. The van der Waals surface area contributed by atoms with Crippen molar-refractivity contribution in [3.8, 4) is 0 Å². The Balaban J connectivity index is 1.69. The molecule has 23 heavy (non-hydrogen) atoms. The summed E-state index contributed by atoms with van der Waals surface area (Å²) in [6.07, 6.45) is 2.93. The molecule has 0 saturated heterocycles. The fourth-order valence-corrected chi connectivity index (χ4v) is 2.67. The first-order valence-corrected chi connectivity index (χ1v) is 7.24. The minimum absolute atomic E-state index is 0.0786. The molecule has 0 aliphatic carbocycles. The molecule has 7 nitrogen and oxygen atoms in total. The van der Waals surface area contributed by atoms with E-state index in [-0.39, 0.29) is 11.5 Å². The topological polar surface area (TPSA) is 99.0 Å². The summed E-state index contributed by atoms with van der Waals surface area (Å²) in [5.74, 6) is 0.457. The number of aromatic nitrogens is 2. The number of anilines is 2. The second kappa shape index (κ2) is 5.96. The molecule has 3 N–H and O–H groups in total. The van der Waals surface area contributed by atoms with E-state index in [1.54, 1.807) is 6.07 Å². The maximum Gasteiger partial charge on any atom is 0.311 e. The van der Waals surface area contributed by atoms with E-state index in [4.69, 9.17) is 5.73 Å². The number of para-hydroxylation sites is 1. The maximum atomic E-state index is 10.7. The summed E-state index contributed by atoms with van der Waals surface area (Å²) in [7, 11) is 2.03. The van der Waals surface area contributed by atoms with E-state index in [9.17, 15) is 10.1 Å². The quantitative estimate of drug-likeness (QED) is 0.557. The molecule has 3 aromatic rings. The second-order valence-corrected chi connectivity index (χ2v) is 5.32. The Morgan fingerprint density at radius 2 is 2.09 bits per heavy atom. The average molecular weight is 311 g/mol. The molecule has 0 aliphatic rings. The van der Waals surface area contributed by atoms with E-state index in [2.05, 4.69) is 33.2 Å². The van der Waals surface area contributed by atoms with Crippen molar-refractivity contribution in [2.45, 2.75) is 6.42 Å². The molecule has 7 heteroatoms. The van der Waals surface area contributed by atoms with Crippen LogP contribution in [0.5, 0.6) is 0 Å². The lowest BCUT2D eigenvalue weighted by Gasteiger charge is -2.06. The van der Waals surface area contributed by atoms with Gasteiger partial charge in [0, 0.05) is 36.8 Å². The lowest BCUT2D eigenvalue weighted by Crippen LogP contribution is -2.08. The summed E-state index contributed by atoms with van der Waals surface area (Å²) in [5.41, 5.74) is 7.85. The van der Waals surface area contributed by atoms with Crippen LogP contribution in [0.3, 0.4) is 0 Å². The zero-order valence-electron chi connectivity index (χ0n) is 12.7. The lowest BCUT2D eigenvalue weighted by atomic mass is 10.1. The van der Waals surface area contributed by atoms with Crippen molar-refractivity contribution in [3.63, 3.8) is 0 Å². The van der Waals surface area contributed by atoms with Crippen LogP contribution in [0.1, 0.15) is 5.56 Å². The average Bonchev–Trinajstić information content (AvgIpc) is 2.84. The summed E-state index contributed by atoms with van der Waals surface area (Å²) in [4.78, 5) is 14.2. The number of nitrogens with zero attached hydrogens (tertiary/aromatic N) is 3. The smallest absolute Gasteiger partial charge is 0.311 e. The van der Waals surface area contributed by atoms with Gasteiger partial charge in [0.2, 0.25) is 5.82 Å². The number of pyridine rings is 1. The number of nitrogens with one attached hydrogen (secondary N) is 1. The van der Waals surface area contributed by atoms with Gasteiger partial charge in [-0.05, 0) is 24.1 Å². The van der Waals surface area contributed by atoms with E-state index in [1.165, 1.54) is 22.5 Å². The van der Waals surface area contributed by atoms with Crippen LogP contribution in [-0.4, -0.2) is 21.0 Å². The Bertz CT molecular complexity index is 872. The highest BCUT2D eigenvalue weighted by Crippen LogP contribution is 2.22. The zero-order chi connectivity index (χ0) is 16.4.